The van der Waals surface area contributed by atoms with Crippen LogP contribution in [0, 0.1) is 5.92 Å². The SMILES string of the molecule is CCCCN(CC1CCCCCC1NC)C1CC1. The van der Waals surface area contributed by atoms with E-state index >= 15 is 0 Å². The van der Waals surface area contributed by atoms with Crippen molar-refractivity contribution in [3.05, 3.63) is 0 Å². The molecule has 0 radical (unpaired) electrons. The third-order valence-electron chi connectivity index (χ3n) is 4.86. The molecular weight excluding hydrogens is 220 g/mol. The predicted molar refractivity (Wildman–Crippen MR) is 78.9 cm³/mol. The van der Waals surface area contributed by atoms with Crippen LogP contribution in [-0.4, -0.2) is 37.1 Å². The van der Waals surface area contributed by atoms with Crippen molar-refractivity contribution in [2.45, 2.75) is 76.8 Å². The van der Waals surface area contributed by atoms with E-state index in [2.05, 4.69) is 24.2 Å². The monoisotopic (exact) mass is 252 g/mol. The molecule has 2 nitrogen and oxygen atoms in total. The zero-order valence-corrected chi connectivity index (χ0v) is 12.5. The first-order chi connectivity index (χ1) is 8.85. The molecule has 0 saturated heterocycles. The van der Waals surface area contributed by atoms with Gasteiger partial charge in [0.05, 0.1) is 0 Å². The molecule has 2 aliphatic carbocycles. The zero-order valence-electron chi connectivity index (χ0n) is 12.5. The van der Waals surface area contributed by atoms with Gasteiger partial charge in [0, 0.05) is 18.6 Å². The normalized spacial score (nSPS) is 29.5. The van der Waals surface area contributed by atoms with Gasteiger partial charge in [-0.05, 0) is 51.6 Å². The van der Waals surface area contributed by atoms with Crippen LogP contribution in [0.3, 0.4) is 0 Å². The van der Waals surface area contributed by atoms with Crippen LogP contribution in [0.25, 0.3) is 0 Å². The molecule has 0 aliphatic heterocycles. The van der Waals surface area contributed by atoms with Crippen LogP contribution in [0.4, 0.5) is 0 Å². The Balaban J connectivity index is 1.86. The van der Waals surface area contributed by atoms with Crippen LogP contribution in [0.5, 0.6) is 0 Å². The van der Waals surface area contributed by atoms with Crippen LogP contribution >= 0.6 is 0 Å². The second kappa shape index (κ2) is 7.49. The Bertz CT molecular complexity index is 225. The van der Waals surface area contributed by atoms with Gasteiger partial charge in [-0.15, -0.1) is 0 Å². The summed E-state index contributed by atoms with van der Waals surface area (Å²) in [6.07, 6.45) is 12.8. The standard InChI is InChI=1S/C16H32N2/c1-3-4-12-18(15-10-11-15)13-14-8-6-5-7-9-16(14)17-2/h14-17H,3-13H2,1-2H3. The van der Waals surface area contributed by atoms with Crippen molar-refractivity contribution in [1.82, 2.24) is 10.2 Å². The minimum Gasteiger partial charge on any atom is -0.317 e. The molecule has 0 heterocycles. The fourth-order valence-electron chi connectivity index (χ4n) is 3.51. The van der Waals surface area contributed by atoms with Gasteiger partial charge in [0.15, 0.2) is 0 Å². The summed E-state index contributed by atoms with van der Waals surface area (Å²) in [5, 5.41) is 3.59. The molecule has 2 atom stereocenters. The Labute approximate surface area is 114 Å². The van der Waals surface area contributed by atoms with E-state index in [0.29, 0.717) is 0 Å². The van der Waals surface area contributed by atoms with Gasteiger partial charge >= 0.3 is 0 Å². The van der Waals surface area contributed by atoms with Crippen molar-refractivity contribution in [3.63, 3.8) is 0 Å². The topological polar surface area (TPSA) is 15.3 Å². The number of unbranched alkanes of at least 4 members (excludes halogenated alkanes) is 1. The Morgan fingerprint density at radius 1 is 1.06 bits per heavy atom. The number of nitrogens with one attached hydrogen (secondary N) is 1. The summed E-state index contributed by atoms with van der Waals surface area (Å²) >= 11 is 0. The van der Waals surface area contributed by atoms with E-state index in [4.69, 9.17) is 0 Å². The summed E-state index contributed by atoms with van der Waals surface area (Å²) in [5.74, 6) is 0.898. The van der Waals surface area contributed by atoms with Crippen molar-refractivity contribution in [1.29, 1.82) is 0 Å². The third-order valence-corrected chi connectivity index (χ3v) is 4.86. The number of hydrogen-bond acceptors (Lipinski definition) is 2. The maximum absolute atomic E-state index is 3.59. The summed E-state index contributed by atoms with van der Waals surface area (Å²) < 4.78 is 0. The third kappa shape index (κ3) is 4.24. The van der Waals surface area contributed by atoms with Crippen LogP contribution in [0.1, 0.15) is 64.7 Å². The average Bonchev–Trinajstić information content (AvgIpc) is 3.21. The average molecular weight is 252 g/mol. The smallest absolute Gasteiger partial charge is 0.0104 e. The lowest BCUT2D eigenvalue weighted by Crippen LogP contribution is -2.41. The van der Waals surface area contributed by atoms with E-state index in [1.54, 1.807) is 0 Å². The molecule has 0 amide bonds. The fraction of sp³-hybridized carbons (Fsp3) is 1.00. The molecule has 0 aromatic heterocycles. The highest BCUT2D eigenvalue weighted by atomic mass is 15.2. The predicted octanol–water partition coefficient (Wildman–Crippen LogP) is 3.42. The lowest BCUT2D eigenvalue weighted by molar-refractivity contribution is 0.187. The van der Waals surface area contributed by atoms with E-state index < -0.39 is 0 Å². The molecule has 18 heavy (non-hydrogen) atoms. The molecule has 2 rings (SSSR count). The summed E-state index contributed by atoms with van der Waals surface area (Å²) in [6, 6.07) is 1.72. The molecule has 1 N–H and O–H groups in total. The molecule has 0 aromatic rings. The maximum atomic E-state index is 3.59. The molecule has 2 aliphatic rings. The van der Waals surface area contributed by atoms with Gasteiger partial charge < -0.3 is 10.2 Å². The van der Waals surface area contributed by atoms with Crippen molar-refractivity contribution in [2.24, 2.45) is 5.92 Å². The van der Waals surface area contributed by atoms with Gasteiger partial charge in [-0.1, -0.05) is 32.6 Å². The Morgan fingerprint density at radius 3 is 2.50 bits per heavy atom. The highest BCUT2D eigenvalue weighted by Gasteiger charge is 2.32. The molecule has 0 bridgehead atoms. The van der Waals surface area contributed by atoms with Gasteiger partial charge in [-0.2, -0.15) is 0 Å². The summed E-state index contributed by atoms with van der Waals surface area (Å²) in [7, 11) is 2.16. The van der Waals surface area contributed by atoms with E-state index in [1.165, 1.54) is 70.9 Å². The molecule has 0 spiro atoms. The molecule has 2 heteroatoms. The molecule has 2 saturated carbocycles. The molecule has 2 unspecified atom stereocenters. The largest absolute Gasteiger partial charge is 0.317 e. The minimum absolute atomic E-state index is 0.773. The maximum Gasteiger partial charge on any atom is 0.0104 e. The summed E-state index contributed by atoms with van der Waals surface area (Å²) in [4.78, 5) is 2.81. The van der Waals surface area contributed by atoms with E-state index in [-0.39, 0.29) is 0 Å². The molecular formula is C16H32N2. The Kier molecular flexibility index (Phi) is 5.97. The highest BCUT2D eigenvalue weighted by Crippen LogP contribution is 2.31. The van der Waals surface area contributed by atoms with Gasteiger partial charge in [-0.3, -0.25) is 0 Å². The fourth-order valence-corrected chi connectivity index (χ4v) is 3.51. The second-order valence-corrected chi connectivity index (χ2v) is 6.37. The van der Waals surface area contributed by atoms with Gasteiger partial charge in [0.2, 0.25) is 0 Å². The van der Waals surface area contributed by atoms with Crippen molar-refractivity contribution in [2.75, 3.05) is 20.1 Å². The number of rotatable bonds is 7. The summed E-state index contributed by atoms with van der Waals surface area (Å²) in [5.41, 5.74) is 0. The Hall–Kier alpha value is -0.0800. The van der Waals surface area contributed by atoms with E-state index in [9.17, 15) is 0 Å². The highest BCUT2D eigenvalue weighted by molar-refractivity contribution is 4.88. The number of nitrogens with zero attached hydrogens (tertiary/aromatic N) is 1. The van der Waals surface area contributed by atoms with E-state index in [0.717, 1.165) is 18.0 Å². The van der Waals surface area contributed by atoms with Crippen molar-refractivity contribution in [3.8, 4) is 0 Å². The van der Waals surface area contributed by atoms with Crippen LogP contribution in [0.15, 0.2) is 0 Å². The van der Waals surface area contributed by atoms with E-state index in [1.807, 2.05) is 0 Å². The molecule has 2 fully saturated rings. The van der Waals surface area contributed by atoms with Gasteiger partial charge in [0.25, 0.3) is 0 Å². The van der Waals surface area contributed by atoms with Gasteiger partial charge in [0.1, 0.15) is 0 Å². The van der Waals surface area contributed by atoms with Crippen LogP contribution in [0.2, 0.25) is 0 Å². The van der Waals surface area contributed by atoms with Crippen molar-refractivity contribution < 1.29 is 0 Å². The second-order valence-electron chi connectivity index (χ2n) is 6.37. The van der Waals surface area contributed by atoms with Crippen LogP contribution < -0.4 is 5.32 Å². The first kappa shape index (κ1) is 14.3. The Morgan fingerprint density at radius 2 is 1.83 bits per heavy atom. The first-order valence-corrected chi connectivity index (χ1v) is 8.26. The summed E-state index contributed by atoms with van der Waals surface area (Å²) in [6.45, 7) is 5.01. The zero-order chi connectivity index (χ0) is 12.8. The quantitative estimate of drug-likeness (QED) is 0.698. The van der Waals surface area contributed by atoms with Crippen LogP contribution in [-0.2, 0) is 0 Å². The first-order valence-electron chi connectivity index (χ1n) is 8.26. The molecule has 106 valence electrons. The number of hydrogen-bond donors (Lipinski definition) is 1. The van der Waals surface area contributed by atoms with Crippen molar-refractivity contribution >= 4 is 0 Å². The lowest BCUT2D eigenvalue weighted by Gasteiger charge is -2.31. The lowest BCUT2D eigenvalue weighted by atomic mass is 9.94. The molecule has 0 aromatic carbocycles. The minimum atomic E-state index is 0.773. The van der Waals surface area contributed by atoms with Gasteiger partial charge in [-0.25, -0.2) is 0 Å².